The second-order valence-corrected chi connectivity index (χ2v) is 5.27. The minimum absolute atomic E-state index is 0.0548. The Bertz CT molecular complexity index is 655. The van der Waals surface area contributed by atoms with Crippen LogP contribution in [0.4, 0.5) is 11.4 Å². The Hall–Kier alpha value is -2.41. The molecule has 0 saturated carbocycles. The number of nitro groups is 1. The summed E-state index contributed by atoms with van der Waals surface area (Å²) in [4.78, 5) is 22.3. The lowest BCUT2D eigenvalue weighted by molar-refractivity contribution is -0.384. The van der Waals surface area contributed by atoms with Gasteiger partial charge in [0.15, 0.2) is 0 Å². The number of benzene rings is 1. The molecule has 1 heterocycles. The Balaban J connectivity index is 2.30. The molecular weight excluding hydrogens is 290 g/mol. The molecule has 21 heavy (non-hydrogen) atoms. The molecule has 0 saturated heterocycles. The monoisotopic (exact) mass is 305 g/mol. The lowest BCUT2D eigenvalue weighted by atomic mass is 10.1. The SMILES string of the molecule is CNC(=O)c1ccc(NC(C)c2ccsc2)c([N+](=O)[O-])c1. The summed E-state index contributed by atoms with van der Waals surface area (Å²) in [5.74, 6) is -0.351. The maximum atomic E-state index is 11.6. The van der Waals surface area contributed by atoms with Gasteiger partial charge in [0, 0.05) is 24.7 Å². The van der Waals surface area contributed by atoms with Gasteiger partial charge in [-0.15, -0.1) is 0 Å². The molecule has 1 unspecified atom stereocenters. The first-order valence-electron chi connectivity index (χ1n) is 6.32. The predicted molar refractivity (Wildman–Crippen MR) is 82.8 cm³/mol. The van der Waals surface area contributed by atoms with E-state index in [0.29, 0.717) is 5.69 Å². The van der Waals surface area contributed by atoms with E-state index in [1.807, 2.05) is 23.8 Å². The van der Waals surface area contributed by atoms with E-state index in [9.17, 15) is 14.9 Å². The van der Waals surface area contributed by atoms with Crippen LogP contribution in [0.1, 0.15) is 28.9 Å². The Labute approximate surface area is 126 Å². The highest BCUT2D eigenvalue weighted by Crippen LogP contribution is 2.29. The zero-order valence-electron chi connectivity index (χ0n) is 11.6. The number of rotatable bonds is 5. The normalized spacial score (nSPS) is 11.7. The lowest BCUT2D eigenvalue weighted by Crippen LogP contribution is -2.18. The van der Waals surface area contributed by atoms with Crippen molar-refractivity contribution in [2.75, 3.05) is 12.4 Å². The number of nitrogens with zero attached hydrogens (tertiary/aromatic N) is 1. The van der Waals surface area contributed by atoms with Crippen LogP contribution in [0.2, 0.25) is 0 Å². The smallest absolute Gasteiger partial charge is 0.293 e. The molecular formula is C14H15N3O3S. The fourth-order valence-corrected chi connectivity index (χ4v) is 2.68. The maximum absolute atomic E-state index is 11.6. The van der Waals surface area contributed by atoms with Gasteiger partial charge < -0.3 is 10.6 Å². The van der Waals surface area contributed by atoms with E-state index >= 15 is 0 Å². The summed E-state index contributed by atoms with van der Waals surface area (Å²) in [5, 5.41) is 20.7. The van der Waals surface area contributed by atoms with E-state index in [1.54, 1.807) is 23.5 Å². The van der Waals surface area contributed by atoms with E-state index in [1.165, 1.54) is 13.1 Å². The number of anilines is 1. The highest BCUT2D eigenvalue weighted by molar-refractivity contribution is 7.08. The van der Waals surface area contributed by atoms with Gasteiger partial charge in [0.2, 0.25) is 0 Å². The molecule has 110 valence electrons. The standard InChI is InChI=1S/C14H15N3O3S/c1-9(11-5-6-21-8-11)16-12-4-3-10(14(18)15-2)7-13(12)17(19)20/h3-9,16H,1-2H3,(H,15,18). The third-order valence-electron chi connectivity index (χ3n) is 3.10. The second-order valence-electron chi connectivity index (χ2n) is 4.49. The van der Waals surface area contributed by atoms with Crippen LogP contribution in [0.5, 0.6) is 0 Å². The van der Waals surface area contributed by atoms with Crippen molar-refractivity contribution < 1.29 is 9.72 Å². The molecule has 6 nitrogen and oxygen atoms in total. The van der Waals surface area contributed by atoms with Gasteiger partial charge in [-0.05, 0) is 41.4 Å². The van der Waals surface area contributed by atoms with E-state index < -0.39 is 4.92 Å². The van der Waals surface area contributed by atoms with Crippen LogP contribution in [0.15, 0.2) is 35.0 Å². The molecule has 1 aromatic heterocycles. The fraction of sp³-hybridized carbons (Fsp3) is 0.214. The number of thiophene rings is 1. The van der Waals surface area contributed by atoms with Crippen molar-refractivity contribution in [3.63, 3.8) is 0 Å². The van der Waals surface area contributed by atoms with Crippen LogP contribution in [0.3, 0.4) is 0 Å². The van der Waals surface area contributed by atoms with Gasteiger partial charge in [-0.2, -0.15) is 11.3 Å². The van der Waals surface area contributed by atoms with Crippen LogP contribution in [-0.4, -0.2) is 17.9 Å². The molecule has 2 aromatic rings. The van der Waals surface area contributed by atoms with E-state index in [0.717, 1.165) is 5.56 Å². The van der Waals surface area contributed by atoms with Gasteiger partial charge in [-0.25, -0.2) is 0 Å². The van der Waals surface area contributed by atoms with Crippen molar-refractivity contribution >= 4 is 28.6 Å². The van der Waals surface area contributed by atoms with Crippen molar-refractivity contribution in [1.82, 2.24) is 5.32 Å². The molecule has 0 aliphatic carbocycles. The quantitative estimate of drug-likeness (QED) is 0.656. The number of amides is 1. The molecule has 7 heteroatoms. The Morgan fingerprint density at radius 2 is 2.14 bits per heavy atom. The Morgan fingerprint density at radius 1 is 1.38 bits per heavy atom. The van der Waals surface area contributed by atoms with Crippen molar-refractivity contribution in [3.8, 4) is 0 Å². The number of hydrogen-bond donors (Lipinski definition) is 2. The van der Waals surface area contributed by atoms with Crippen LogP contribution in [0, 0.1) is 10.1 Å². The minimum atomic E-state index is -0.491. The van der Waals surface area contributed by atoms with Crippen LogP contribution < -0.4 is 10.6 Å². The largest absolute Gasteiger partial charge is 0.373 e. The molecule has 0 spiro atoms. The molecule has 0 radical (unpaired) electrons. The van der Waals surface area contributed by atoms with Crippen molar-refractivity contribution in [2.24, 2.45) is 0 Å². The molecule has 0 bridgehead atoms. The van der Waals surface area contributed by atoms with Gasteiger partial charge in [0.1, 0.15) is 5.69 Å². The summed E-state index contributed by atoms with van der Waals surface area (Å²) in [7, 11) is 1.49. The first kappa shape index (κ1) is 15.0. The third-order valence-corrected chi connectivity index (χ3v) is 3.80. The lowest BCUT2D eigenvalue weighted by Gasteiger charge is -2.14. The molecule has 2 rings (SSSR count). The number of nitro benzene ring substituents is 1. The summed E-state index contributed by atoms with van der Waals surface area (Å²) in [6.07, 6.45) is 0. The van der Waals surface area contributed by atoms with Crippen LogP contribution in [-0.2, 0) is 0 Å². The average Bonchev–Trinajstić information content (AvgIpc) is 3.00. The fourth-order valence-electron chi connectivity index (χ4n) is 1.93. The van der Waals surface area contributed by atoms with Crippen molar-refractivity contribution in [1.29, 1.82) is 0 Å². The van der Waals surface area contributed by atoms with Gasteiger partial charge >= 0.3 is 0 Å². The van der Waals surface area contributed by atoms with Crippen molar-refractivity contribution in [2.45, 2.75) is 13.0 Å². The second kappa shape index (κ2) is 6.36. The molecule has 1 aromatic carbocycles. The van der Waals surface area contributed by atoms with Gasteiger partial charge in [0.05, 0.1) is 4.92 Å². The predicted octanol–water partition coefficient (Wildman–Crippen LogP) is 3.19. The first-order valence-corrected chi connectivity index (χ1v) is 7.26. The summed E-state index contributed by atoms with van der Waals surface area (Å²) in [5.41, 5.74) is 1.60. The Kier molecular flexibility index (Phi) is 4.54. The minimum Gasteiger partial charge on any atom is -0.373 e. The van der Waals surface area contributed by atoms with Gasteiger partial charge in [-0.3, -0.25) is 14.9 Å². The zero-order chi connectivity index (χ0) is 15.4. The van der Waals surface area contributed by atoms with E-state index in [2.05, 4.69) is 10.6 Å². The average molecular weight is 305 g/mol. The molecule has 0 aliphatic rings. The van der Waals surface area contributed by atoms with Gasteiger partial charge in [-0.1, -0.05) is 0 Å². The number of nitrogens with one attached hydrogen (secondary N) is 2. The highest BCUT2D eigenvalue weighted by atomic mass is 32.1. The molecule has 2 N–H and O–H groups in total. The van der Waals surface area contributed by atoms with E-state index in [4.69, 9.17) is 0 Å². The molecule has 0 fully saturated rings. The highest BCUT2D eigenvalue weighted by Gasteiger charge is 2.19. The maximum Gasteiger partial charge on any atom is 0.293 e. The number of carbonyl (C=O) groups is 1. The first-order chi connectivity index (χ1) is 10.0. The summed E-state index contributed by atoms with van der Waals surface area (Å²) < 4.78 is 0. The van der Waals surface area contributed by atoms with Gasteiger partial charge in [0.25, 0.3) is 11.6 Å². The van der Waals surface area contributed by atoms with Crippen LogP contribution in [0.25, 0.3) is 0 Å². The third kappa shape index (κ3) is 3.38. The number of carbonyl (C=O) groups excluding carboxylic acids is 1. The summed E-state index contributed by atoms with van der Waals surface area (Å²) in [6, 6.07) is 6.31. The molecule has 1 amide bonds. The zero-order valence-corrected chi connectivity index (χ0v) is 12.4. The summed E-state index contributed by atoms with van der Waals surface area (Å²) >= 11 is 1.57. The topological polar surface area (TPSA) is 84.3 Å². The molecule has 0 aliphatic heterocycles. The Morgan fingerprint density at radius 3 is 2.71 bits per heavy atom. The number of hydrogen-bond acceptors (Lipinski definition) is 5. The van der Waals surface area contributed by atoms with E-state index in [-0.39, 0.29) is 23.2 Å². The summed E-state index contributed by atoms with van der Waals surface area (Å²) in [6.45, 7) is 1.93. The van der Waals surface area contributed by atoms with Crippen LogP contribution >= 0.6 is 11.3 Å². The van der Waals surface area contributed by atoms with Crippen molar-refractivity contribution in [3.05, 3.63) is 56.3 Å². The molecule has 1 atom stereocenters.